The zero-order chi connectivity index (χ0) is 18.4. The molecule has 25 heavy (non-hydrogen) atoms. The van der Waals surface area contributed by atoms with E-state index in [9.17, 15) is 13.2 Å². The summed E-state index contributed by atoms with van der Waals surface area (Å²) in [5.41, 5.74) is 1.60. The molecule has 0 unspecified atom stereocenters. The first-order valence-electron chi connectivity index (χ1n) is 7.61. The summed E-state index contributed by atoms with van der Waals surface area (Å²) in [6.07, 6.45) is 3.26. The van der Waals surface area contributed by atoms with Crippen molar-refractivity contribution in [3.63, 3.8) is 0 Å². The minimum atomic E-state index is -3.76. The highest BCUT2D eigenvalue weighted by Gasteiger charge is 2.23. The topological polar surface area (TPSA) is 88.6 Å². The van der Waals surface area contributed by atoms with Gasteiger partial charge in [-0.3, -0.25) is 9.78 Å². The Morgan fingerprint density at radius 2 is 1.92 bits per heavy atom. The van der Waals surface area contributed by atoms with Crippen LogP contribution in [-0.4, -0.2) is 44.3 Å². The van der Waals surface area contributed by atoms with Gasteiger partial charge in [-0.2, -0.15) is 4.31 Å². The average molecular weight is 363 g/mol. The molecule has 0 atom stereocenters. The van der Waals surface area contributed by atoms with Crippen LogP contribution < -0.4 is 10.1 Å². The van der Waals surface area contributed by atoms with E-state index in [1.54, 1.807) is 37.5 Å². The lowest BCUT2D eigenvalue weighted by Gasteiger charge is -2.17. The highest BCUT2D eigenvalue weighted by atomic mass is 32.2. The summed E-state index contributed by atoms with van der Waals surface area (Å²) < 4.78 is 31.3. The van der Waals surface area contributed by atoms with Gasteiger partial charge < -0.3 is 10.1 Å². The van der Waals surface area contributed by atoms with Gasteiger partial charge in [0.25, 0.3) is 0 Å². The van der Waals surface area contributed by atoms with Crippen LogP contribution in [0.4, 0.5) is 0 Å². The molecule has 0 aliphatic heterocycles. The van der Waals surface area contributed by atoms with Gasteiger partial charge in [-0.15, -0.1) is 0 Å². The van der Waals surface area contributed by atoms with Crippen LogP contribution in [0.3, 0.4) is 0 Å². The highest BCUT2D eigenvalue weighted by Crippen LogP contribution is 2.23. The van der Waals surface area contributed by atoms with Crippen molar-refractivity contribution in [2.45, 2.75) is 18.4 Å². The molecule has 0 saturated heterocycles. The Bertz CT molecular complexity index is 838. The fourth-order valence-electron chi connectivity index (χ4n) is 2.24. The molecule has 1 aromatic carbocycles. The van der Waals surface area contributed by atoms with Crippen molar-refractivity contribution in [3.8, 4) is 5.75 Å². The second kappa shape index (κ2) is 8.09. The van der Waals surface area contributed by atoms with Gasteiger partial charge in [0, 0.05) is 26.0 Å². The van der Waals surface area contributed by atoms with E-state index in [0.29, 0.717) is 17.9 Å². The van der Waals surface area contributed by atoms with Crippen LogP contribution >= 0.6 is 0 Å². The van der Waals surface area contributed by atoms with Crippen LogP contribution in [0, 0.1) is 6.92 Å². The van der Waals surface area contributed by atoms with E-state index in [-0.39, 0.29) is 17.3 Å². The molecule has 2 aromatic rings. The normalized spacial score (nSPS) is 11.4. The number of likely N-dealkylation sites (N-methyl/N-ethyl adjacent to an activating group) is 1. The van der Waals surface area contributed by atoms with Crippen molar-refractivity contribution >= 4 is 15.9 Å². The van der Waals surface area contributed by atoms with Crippen molar-refractivity contribution in [1.29, 1.82) is 0 Å². The summed E-state index contributed by atoms with van der Waals surface area (Å²) in [6.45, 7) is 1.81. The lowest BCUT2D eigenvalue weighted by Crippen LogP contribution is -2.38. The largest absolute Gasteiger partial charge is 0.496 e. The first kappa shape index (κ1) is 18.9. The molecule has 7 nitrogen and oxygen atoms in total. The van der Waals surface area contributed by atoms with Gasteiger partial charge in [0.05, 0.1) is 18.6 Å². The Morgan fingerprint density at radius 3 is 2.52 bits per heavy atom. The molecule has 0 spiro atoms. The molecule has 1 amide bonds. The number of sulfonamides is 1. The number of aromatic nitrogens is 1. The predicted molar refractivity (Wildman–Crippen MR) is 93.6 cm³/mol. The van der Waals surface area contributed by atoms with Gasteiger partial charge in [0.1, 0.15) is 5.75 Å². The van der Waals surface area contributed by atoms with Gasteiger partial charge in [-0.05, 0) is 48.4 Å². The fraction of sp³-hybridized carbons (Fsp3) is 0.294. The van der Waals surface area contributed by atoms with Crippen LogP contribution in [0.1, 0.15) is 11.1 Å². The van der Waals surface area contributed by atoms with Gasteiger partial charge in [-0.1, -0.05) is 0 Å². The molecular weight excluding hydrogens is 342 g/mol. The van der Waals surface area contributed by atoms with Gasteiger partial charge in [0.2, 0.25) is 15.9 Å². The van der Waals surface area contributed by atoms with E-state index in [4.69, 9.17) is 4.74 Å². The van der Waals surface area contributed by atoms with Crippen molar-refractivity contribution in [2.75, 3.05) is 20.7 Å². The molecule has 1 aromatic heterocycles. The third-order valence-electron chi connectivity index (χ3n) is 3.68. The molecule has 8 heteroatoms. The van der Waals surface area contributed by atoms with Crippen LogP contribution in [0.15, 0.2) is 47.6 Å². The number of carbonyl (C=O) groups excluding carboxylic acids is 1. The summed E-state index contributed by atoms with van der Waals surface area (Å²) in [6, 6.07) is 8.15. The first-order chi connectivity index (χ1) is 11.8. The Hall–Kier alpha value is -2.45. The second-order valence-electron chi connectivity index (χ2n) is 5.52. The minimum absolute atomic E-state index is 0.121. The van der Waals surface area contributed by atoms with Crippen LogP contribution in [0.5, 0.6) is 5.75 Å². The van der Waals surface area contributed by atoms with E-state index in [0.717, 1.165) is 9.87 Å². The number of rotatable bonds is 7. The molecule has 134 valence electrons. The quantitative estimate of drug-likeness (QED) is 0.802. The molecule has 0 aliphatic carbocycles. The van der Waals surface area contributed by atoms with Crippen molar-refractivity contribution in [3.05, 3.63) is 53.9 Å². The van der Waals surface area contributed by atoms with Gasteiger partial charge in [0.15, 0.2) is 0 Å². The van der Waals surface area contributed by atoms with E-state index in [2.05, 4.69) is 10.3 Å². The summed E-state index contributed by atoms with van der Waals surface area (Å²) >= 11 is 0. The Balaban J connectivity index is 2.02. The number of nitrogens with zero attached hydrogens (tertiary/aromatic N) is 2. The highest BCUT2D eigenvalue weighted by molar-refractivity contribution is 7.89. The van der Waals surface area contributed by atoms with Crippen molar-refractivity contribution in [1.82, 2.24) is 14.6 Å². The second-order valence-corrected chi connectivity index (χ2v) is 7.57. The number of aryl methyl sites for hydroxylation is 1. The van der Waals surface area contributed by atoms with E-state index < -0.39 is 10.0 Å². The summed E-state index contributed by atoms with van der Waals surface area (Å²) in [5.74, 6) is 0.227. The van der Waals surface area contributed by atoms with E-state index in [1.807, 2.05) is 0 Å². The maximum Gasteiger partial charge on any atom is 0.243 e. The van der Waals surface area contributed by atoms with Crippen LogP contribution in [0.25, 0.3) is 0 Å². The SMILES string of the molecule is COc1ccc(S(=O)(=O)N(C)CC(=O)NCc2ccncc2)cc1C. The lowest BCUT2D eigenvalue weighted by atomic mass is 10.2. The lowest BCUT2D eigenvalue weighted by molar-refractivity contribution is -0.121. The summed E-state index contributed by atoms with van der Waals surface area (Å²) in [4.78, 5) is 16.0. The molecule has 0 bridgehead atoms. The number of carbonyl (C=O) groups is 1. The summed E-state index contributed by atoms with van der Waals surface area (Å²) in [7, 11) is -0.858. The maximum atomic E-state index is 12.6. The van der Waals surface area contributed by atoms with E-state index >= 15 is 0 Å². The third kappa shape index (κ3) is 4.77. The fourth-order valence-corrected chi connectivity index (χ4v) is 3.45. The number of hydrogen-bond donors (Lipinski definition) is 1. The number of methoxy groups -OCH3 is 1. The molecular formula is C17H21N3O4S. The number of pyridine rings is 1. The molecule has 1 heterocycles. The molecule has 1 N–H and O–H groups in total. The van der Waals surface area contributed by atoms with E-state index in [1.165, 1.54) is 26.3 Å². The standard InChI is InChI=1S/C17H21N3O4S/c1-13-10-15(4-5-16(13)24-3)25(22,23)20(2)12-17(21)19-11-14-6-8-18-9-7-14/h4-10H,11-12H2,1-3H3,(H,19,21). The zero-order valence-corrected chi connectivity index (χ0v) is 15.2. The Kier molecular flexibility index (Phi) is 6.11. The Labute approximate surface area is 147 Å². The minimum Gasteiger partial charge on any atom is -0.496 e. The van der Waals surface area contributed by atoms with Gasteiger partial charge >= 0.3 is 0 Å². The third-order valence-corrected chi connectivity index (χ3v) is 5.48. The van der Waals surface area contributed by atoms with Crippen molar-refractivity contribution < 1.29 is 17.9 Å². The number of amides is 1. The smallest absolute Gasteiger partial charge is 0.243 e. The molecule has 2 rings (SSSR count). The number of ether oxygens (including phenoxy) is 1. The monoisotopic (exact) mass is 363 g/mol. The van der Waals surface area contributed by atoms with Crippen LogP contribution in [-0.2, 0) is 21.4 Å². The van der Waals surface area contributed by atoms with Gasteiger partial charge in [-0.25, -0.2) is 8.42 Å². The number of hydrogen-bond acceptors (Lipinski definition) is 5. The molecule has 0 aliphatic rings. The number of benzene rings is 1. The van der Waals surface area contributed by atoms with Crippen molar-refractivity contribution in [2.24, 2.45) is 0 Å². The molecule has 0 saturated carbocycles. The van der Waals surface area contributed by atoms with Crippen LogP contribution in [0.2, 0.25) is 0 Å². The maximum absolute atomic E-state index is 12.6. The molecule has 0 radical (unpaired) electrons. The summed E-state index contributed by atoms with van der Waals surface area (Å²) in [5, 5.41) is 2.69. The predicted octanol–water partition coefficient (Wildman–Crippen LogP) is 1.34. The first-order valence-corrected chi connectivity index (χ1v) is 9.05. The average Bonchev–Trinajstić information content (AvgIpc) is 2.60. The Morgan fingerprint density at radius 1 is 1.24 bits per heavy atom. The number of nitrogens with one attached hydrogen (secondary N) is 1. The molecule has 0 fully saturated rings. The zero-order valence-electron chi connectivity index (χ0n) is 14.4.